The van der Waals surface area contributed by atoms with E-state index in [4.69, 9.17) is 22.7 Å². The number of benzene rings is 1. The highest BCUT2D eigenvalue weighted by Gasteiger charge is 2.20. The van der Waals surface area contributed by atoms with Crippen LogP contribution in [0.2, 0.25) is 0 Å². The van der Waals surface area contributed by atoms with E-state index in [1.165, 1.54) is 5.56 Å². The summed E-state index contributed by atoms with van der Waals surface area (Å²) in [4.78, 5) is 4.71. The number of nitrogens with two attached hydrogens (primary N) is 1. The van der Waals surface area contributed by atoms with Crippen molar-refractivity contribution in [3.63, 3.8) is 0 Å². The molecule has 0 saturated carbocycles. The van der Waals surface area contributed by atoms with Crippen LogP contribution >= 0.6 is 12.2 Å². The summed E-state index contributed by atoms with van der Waals surface area (Å²) in [6.07, 6.45) is 2.60. The lowest BCUT2D eigenvalue weighted by Crippen LogP contribution is -2.20. The lowest BCUT2D eigenvalue weighted by Gasteiger charge is -2.27. The van der Waals surface area contributed by atoms with Crippen LogP contribution in [0.25, 0.3) is 0 Å². The van der Waals surface area contributed by atoms with E-state index in [0.717, 1.165) is 23.6 Å². The number of nitrogens with one attached hydrogen (secondary N) is 1. The van der Waals surface area contributed by atoms with E-state index in [2.05, 4.69) is 16.4 Å². The van der Waals surface area contributed by atoms with Crippen molar-refractivity contribution < 1.29 is 4.74 Å². The van der Waals surface area contributed by atoms with Gasteiger partial charge in [0.15, 0.2) is 0 Å². The molecule has 0 radical (unpaired) electrons. The van der Waals surface area contributed by atoms with Crippen molar-refractivity contribution >= 4 is 23.0 Å². The Hall–Kier alpha value is -2.14. The minimum Gasteiger partial charge on any atom is -0.493 e. The molecule has 1 aliphatic rings. The van der Waals surface area contributed by atoms with Crippen LogP contribution in [0.5, 0.6) is 5.75 Å². The summed E-state index contributed by atoms with van der Waals surface area (Å²) < 4.78 is 5.65. The summed E-state index contributed by atoms with van der Waals surface area (Å²) in [6.45, 7) is 0.708. The first kappa shape index (κ1) is 12.9. The van der Waals surface area contributed by atoms with E-state index < -0.39 is 0 Å². The molecule has 1 atom stereocenters. The highest BCUT2D eigenvalue weighted by molar-refractivity contribution is 7.80. The second-order valence-electron chi connectivity index (χ2n) is 4.67. The number of rotatable bonds is 3. The van der Waals surface area contributed by atoms with E-state index in [9.17, 15) is 0 Å². The van der Waals surface area contributed by atoms with Crippen LogP contribution in [-0.2, 0) is 0 Å². The van der Waals surface area contributed by atoms with E-state index in [-0.39, 0.29) is 6.04 Å². The first-order valence-corrected chi connectivity index (χ1v) is 6.89. The van der Waals surface area contributed by atoms with Crippen LogP contribution in [0.4, 0.5) is 5.82 Å². The van der Waals surface area contributed by atoms with Crippen LogP contribution in [0.3, 0.4) is 0 Å². The number of thiocarbonyl (C=S) groups is 1. The molecule has 20 heavy (non-hydrogen) atoms. The summed E-state index contributed by atoms with van der Waals surface area (Å²) in [5.74, 6) is 1.75. The minimum atomic E-state index is 0.211. The number of fused-ring (bicyclic) bond motifs is 1. The molecule has 4 nitrogen and oxygen atoms in total. The molecule has 102 valence electrons. The number of aromatic nitrogens is 1. The number of ether oxygens (including phenoxy) is 1. The molecular formula is C15H15N3OS. The van der Waals surface area contributed by atoms with Crippen molar-refractivity contribution in [2.24, 2.45) is 5.73 Å². The monoisotopic (exact) mass is 285 g/mol. The number of anilines is 1. The summed E-state index contributed by atoms with van der Waals surface area (Å²) in [7, 11) is 0. The Kier molecular flexibility index (Phi) is 3.52. The van der Waals surface area contributed by atoms with Crippen molar-refractivity contribution in [3.05, 3.63) is 53.7 Å². The predicted molar refractivity (Wildman–Crippen MR) is 83.0 cm³/mol. The molecule has 1 aromatic heterocycles. The maximum absolute atomic E-state index is 5.65. The molecule has 0 bridgehead atoms. The van der Waals surface area contributed by atoms with Crippen molar-refractivity contribution in [2.75, 3.05) is 11.9 Å². The Morgan fingerprint density at radius 1 is 1.30 bits per heavy atom. The molecule has 1 unspecified atom stereocenters. The van der Waals surface area contributed by atoms with Gasteiger partial charge < -0.3 is 15.8 Å². The highest BCUT2D eigenvalue weighted by atomic mass is 32.1. The average Bonchev–Trinajstić information content (AvgIpc) is 2.48. The summed E-state index contributed by atoms with van der Waals surface area (Å²) in [5, 5.41) is 3.43. The van der Waals surface area contributed by atoms with Crippen molar-refractivity contribution in [1.29, 1.82) is 0 Å². The number of para-hydroxylation sites is 1. The lowest BCUT2D eigenvalue weighted by atomic mass is 10.0. The van der Waals surface area contributed by atoms with Crippen LogP contribution in [-0.4, -0.2) is 16.6 Å². The molecule has 0 fully saturated rings. The zero-order valence-electron chi connectivity index (χ0n) is 10.9. The number of pyridine rings is 1. The van der Waals surface area contributed by atoms with Gasteiger partial charge in [0.2, 0.25) is 0 Å². The van der Waals surface area contributed by atoms with Crippen molar-refractivity contribution in [3.8, 4) is 5.75 Å². The number of hydrogen-bond acceptors (Lipinski definition) is 4. The van der Waals surface area contributed by atoms with Crippen molar-refractivity contribution in [2.45, 2.75) is 12.5 Å². The van der Waals surface area contributed by atoms with E-state index >= 15 is 0 Å². The molecule has 0 spiro atoms. The molecule has 2 aromatic rings. The predicted octanol–water partition coefficient (Wildman–Crippen LogP) is 2.65. The zero-order valence-corrected chi connectivity index (χ0v) is 11.7. The molecule has 1 aromatic carbocycles. The fourth-order valence-corrected chi connectivity index (χ4v) is 2.42. The Balaban J connectivity index is 1.80. The van der Waals surface area contributed by atoms with E-state index in [1.807, 2.05) is 30.3 Å². The lowest BCUT2D eigenvalue weighted by molar-refractivity contribution is 0.274. The van der Waals surface area contributed by atoms with Crippen LogP contribution in [0.1, 0.15) is 23.6 Å². The van der Waals surface area contributed by atoms with Gasteiger partial charge in [0.25, 0.3) is 0 Å². The van der Waals surface area contributed by atoms with E-state index in [1.54, 1.807) is 6.20 Å². The van der Waals surface area contributed by atoms with Gasteiger partial charge in [0.05, 0.1) is 12.6 Å². The number of nitrogens with zero attached hydrogens (tertiary/aromatic N) is 1. The van der Waals surface area contributed by atoms with Gasteiger partial charge >= 0.3 is 0 Å². The standard InChI is InChI=1S/C15H15N3OS/c16-15(20)10-5-6-14(17-9-10)18-12-7-8-19-13-4-2-1-3-11(12)13/h1-6,9,12H,7-8H2,(H2,16,20)(H,17,18). The van der Waals surface area contributed by atoms with Gasteiger partial charge in [0, 0.05) is 23.7 Å². The van der Waals surface area contributed by atoms with Gasteiger partial charge in [-0.15, -0.1) is 0 Å². The molecule has 3 N–H and O–H groups in total. The third-order valence-electron chi connectivity index (χ3n) is 3.33. The van der Waals surface area contributed by atoms with Crippen molar-refractivity contribution in [1.82, 2.24) is 4.98 Å². The van der Waals surface area contributed by atoms with Gasteiger partial charge in [0.1, 0.15) is 16.6 Å². The van der Waals surface area contributed by atoms with E-state index in [0.29, 0.717) is 11.6 Å². The largest absolute Gasteiger partial charge is 0.493 e. The molecule has 0 amide bonds. The Labute approximate surface area is 123 Å². The fourth-order valence-electron chi connectivity index (χ4n) is 2.30. The van der Waals surface area contributed by atoms with Gasteiger partial charge in [-0.2, -0.15) is 0 Å². The Morgan fingerprint density at radius 3 is 2.90 bits per heavy atom. The Morgan fingerprint density at radius 2 is 2.15 bits per heavy atom. The molecule has 3 rings (SSSR count). The summed E-state index contributed by atoms with van der Waals surface area (Å²) in [6, 6.07) is 12.1. The number of hydrogen-bond donors (Lipinski definition) is 2. The topological polar surface area (TPSA) is 60.2 Å². The zero-order chi connectivity index (χ0) is 13.9. The molecule has 0 saturated heterocycles. The van der Waals surface area contributed by atoms with Crippen LogP contribution < -0.4 is 15.8 Å². The first-order chi connectivity index (χ1) is 9.74. The maximum Gasteiger partial charge on any atom is 0.126 e. The molecule has 2 heterocycles. The average molecular weight is 285 g/mol. The Bertz CT molecular complexity index is 627. The normalized spacial score (nSPS) is 16.9. The maximum atomic E-state index is 5.65. The molecule has 0 aliphatic carbocycles. The summed E-state index contributed by atoms with van der Waals surface area (Å²) >= 11 is 4.92. The van der Waals surface area contributed by atoms with Gasteiger partial charge in [-0.1, -0.05) is 30.4 Å². The second kappa shape index (κ2) is 5.46. The third kappa shape index (κ3) is 2.58. The van der Waals surface area contributed by atoms with Crippen LogP contribution in [0.15, 0.2) is 42.6 Å². The van der Waals surface area contributed by atoms with Gasteiger partial charge in [-0.05, 0) is 18.2 Å². The minimum absolute atomic E-state index is 0.211. The van der Waals surface area contributed by atoms with Crippen LogP contribution in [0, 0.1) is 0 Å². The summed E-state index contributed by atoms with van der Waals surface area (Å²) in [5.41, 5.74) is 7.51. The van der Waals surface area contributed by atoms with Gasteiger partial charge in [-0.25, -0.2) is 4.98 Å². The second-order valence-corrected chi connectivity index (χ2v) is 5.11. The third-order valence-corrected chi connectivity index (χ3v) is 3.56. The quantitative estimate of drug-likeness (QED) is 0.849. The smallest absolute Gasteiger partial charge is 0.126 e. The van der Waals surface area contributed by atoms with Gasteiger partial charge in [-0.3, -0.25) is 0 Å². The molecule has 1 aliphatic heterocycles. The molecule has 5 heteroatoms. The fraction of sp³-hybridized carbons (Fsp3) is 0.200. The molecular weight excluding hydrogens is 270 g/mol. The SMILES string of the molecule is NC(=S)c1ccc(NC2CCOc3ccccc32)nc1. The highest BCUT2D eigenvalue weighted by Crippen LogP contribution is 2.33. The first-order valence-electron chi connectivity index (χ1n) is 6.48.